The van der Waals surface area contributed by atoms with E-state index >= 15 is 0 Å². The maximum Gasteiger partial charge on any atom is 0.217 e. The van der Waals surface area contributed by atoms with Crippen molar-refractivity contribution in [2.75, 3.05) is 13.2 Å². The van der Waals surface area contributed by atoms with Gasteiger partial charge in [0.15, 0.2) is 0 Å². The minimum absolute atomic E-state index is 0.707. The molecule has 0 fully saturated rings. The zero-order valence-corrected chi connectivity index (χ0v) is 9.16. The van der Waals surface area contributed by atoms with E-state index in [9.17, 15) is 0 Å². The number of aryl methyl sites for hydroxylation is 1. The maximum atomic E-state index is 5.52. The van der Waals surface area contributed by atoms with Gasteiger partial charge in [0.1, 0.15) is 6.61 Å². The summed E-state index contributed by atoms with van der Waals surface area (Å²) in [5, 5.41) is 0. The summed E-state index contributed by atoms with van der Waals surface area (Å²) < 4.78 is 5.52. The van der Waals surface area contributed by atoms with Crippen LogP contribution in [0.4, 0.5) is 0 Å². The van der Waals surface area contributed by atoms with Crippen molar-refractivity contribution in [3.05, 3.63) is 41.0 Å². The number of benzene rings is 1. The molecule has 0 aromatic heterocycles. The number of hydrogen-bond acceptors (Lipinski definition) is 2. The Bertz CT molecular complexity index is 419. The molecular formula is C13H15NO. The van der Waals surface area contributed by atoms with Crippen LogP contribution in [0.1, 0.15) is 23.6 Å². The van der Waals surface area contributed by atoms with Crippen LogP contribution in [-0.4, -0.2) is 19.0 Å². The lowest BCUT2D eigenvalue weighted by Crippen LogP contribution is -2.05. The van der Waals surface area contributed by atoms with E-state index in [0.717, 1.165) is 18.0 Å². The molecule has 1 aliphatic rings. The fourth-order valence-corrected chi connectivity index (χ4v) is 1.79. The predicted octanol–water partition coefficient (Wildman–Crippen LogP) is 2.80. The van der Waals surface area contributed by atoms with Crippen LogP contribution in [0.2, 0.25) is 0 Å². The Hall–Kier alpha value is -1.57. The molecule has 0 atom stereocenters. The highest BCUT2D eigenvalue weighted by Crippen LogP contribution is 2.19. The molecule has 2 nitrogen and oxygen atoms in total. The maximum absolute atomic E-state index is 5.52. The van der Waals surface area contributed by atoms with Crippen LogP contribution in [0.15, 0.2) is 29.3 Å². The Morgan fingerprint density at radius 3 is 2.93 bits per heavy atom. The van der Waals surface area contributed by atoms with Crippen molar-refractivity contribution < 1.29 is 4.74 Å². The lowest BCUT2D eigenvalue weighted by molar-refractivity contribution is 0.348. The fourth-order valence-electron chi connectivity index (χ4n) is 1.79. The number of allylic oxidation sites excluding steroid dienone is 1. The van der Waals surface area contributed by atoms with Crippen LogP contribution < -0.4 is 0 Å². The van der Waals surface area contributed by atoms with Gasteiger partial charge in [0.2, 0.25) is 5.90 Å². The average molecular weight is 201 g/mol. The van der Waals surface area contributed by atoms with Gasteiger partial charge in [-0.1, -0.05) is 30.4 Å². The molecule has 0 N–H and O–H groups in total. The Morgan fingerprint density at radius 1 is 1.40 bits per heavy atom. The van der Waals surface area contributed by atoms with Crippen LogP contribution in [0.3, 0.4) is 0 Å². The molecule has 0 amide bonds. The molecule has 1 aromatic rings. The van der Waals surface area contributed by atoms with Crippen molar-refractivity contribution in [3.8, 4) is 0 Å². The van der Waals surface area contributed by atoms with Crippen molar-refractivity contribution in [2.45, 2.75) is 13.8 Å². The lowest BCUT2D eigenvalue weighted by atomic mass is 10.0. The van der Waals surface area contributed by atoms with Gasteiger partial charge in [-0.2, -0.15) is 0 Å². The van der Waals surface area contributed by atoms with E-state index in [1.807, 2.05) is 13.0 Å². The first-order valence-corrected chi connectivity index (χ1v) is 5.23. The molecule has 0 radical (unpaired) electrons. The first-order chi connectivity index (χ1) is 7.33. The van der Waals surface area contributed by atoms with Gasteiger partial charge in [-0.25, -0.2) is 4.99 Å². The van der Waals surface area contributed by atoms with E-state index in [2.05, 4.69) is 36.2 Å². The molecular weight excluding hydrogens is 186 g/mol. The third kappa shape index (κ3) is 1.94. The normalized spacial score (nSPS) is 15.5. The summed E-state index contributed by atoms with van der Waals surface area (Å²) >= 11 is 0. The Kier molecular flexibility index (Phi) is 2.86. The van der Waals surface area contributed by atoms with Gasteiger partial charge in [-0.3, -0.25) is 0 Å². The second kappa shape index (κ2) is 4.30. The third-order valence-corrected chi connectivity index (χ3v) is 2.45. The Morgan fingerprint density at radius 2 is 2.27 bits per heavy atom. The third-order valence-electron chi connectivity index (χ3n) is 2.45. The van der Waals surface area contributed by atoms with E-state index in [0.29, 0.717) is 6.61 Å². The molecule has 0 saturated carbocycles. The van der Waals surface area contributed by atoms with Crippen molar-refractivity contribution in [2.24, 2.45) is 4.99 Å². The highest BCUT2D eigenvalue weighted by atomic mass is 16.5. The standard InChI is InChI=1S/C13H15NO/c1-3-5-11-7-4-6-10(2)12(11)13-14-8-9-15-13/h3-7H,8-9H2,1-2H3/b5-3+. The molecule has 0 saturated heterocycles. The Balaban J connectivity index is 2.51. The van der Waals surface area contributed by atoms with Crippen LogP contribution >= 0.6 is 0 Å². The molecule has 0 spiro atoms. The second-order valence-electron chi connectivity index (χ2n) is 3.57. The van der Waals surface area contributed by atoms with E-state index in [1.54, 1.807) is 0 Å². The number of ether oxygens (including phenoxy) is 1. The molecule has 15 heavy (non-hydrogen) atoms. The fraction of sp³-hybridized carbons (Fsp3) is 0.308. The summed E-state index contributed by atoms with van der Waals surface area (Å²) in [6.45, 7) is 5.59. The topological polar surface area (TPSA) is 21.6 Å². The first kappa shape index (κ1) is 9.97. The van der Waals surface area contributed by atoms with Gasteiger partial charge < -0.3 is 4.74 Å². The van der Waals surface area contributed by atoms with Crippen LogP contribution in [0, 0.1) is 6.92 Å². The summed E-state index contributed by atoms with van der Waals surface area (Å²) in [5.74, 6) is 0.793. The van der Waals surface area contributed by atoms with Gasteiger partial charge in [0, 0.05) is 5.56 Å². The predicted molar refractivity (Wildman–Crippen MR) is 63.2 cm³/mol. The summed E-state index contributed by atoms with van der Waals surface area (Å²) in [4.78, 5) is 4.37. The summed E-state index contributed by atoms with van der Waals surface area (Å²) in [5.41, 5.74) is 3.53. The van der Waals surface area contributed by atoms with E-state index in [4.69, 9.17) is 4.74 Å². The molecule has 2 rings (SSSR count). The molecule has 78 valence electrons. The second-order valence-corrected chi connectivity index (χ2v) is 3.57. The molecule has 1 heterocycles. The Labute approximate surface area is 90.3 Å². The lowest BCUT2D eigenvalue weighted by Gasteiger charge is -2.09. The smallest absolute Gasteiger partial charge is 0.217 e. The minimum atomic E-state index is 0.707. The number of hydrogen-bond donors (Lipinski definition) is 0. The highest BCUT2D eigenvalue weighted by molar-refractivity contribution is 5.99. The summed E-state index contributed by atoms with van der Waals surface area (Å²) in [7, 11) is 0. The van der Waals surface area contributed by atoms with Gasteiger partial charge in [-0.05, 0) is 25.0 Å². The molecule has 0 unspecified atom stereocenters. The van der Waals surface area contributed by atoms with Crippen LogP contribution in [0.25, 0.3) is 6.08 Å². The highest BCUT2D eigenvalue weighted by Gasteiger charge is 2.15. The van der Waals surface area contributed by atoms with Crippen LogP contribution in [-0.2, 0) is 4.74 Å². The van der Waals surface area contributed by atoms with Crippen LogP contribution in [0.5, 0.6) is 0 Å². The monoisotopic (exact) mass is 201 g/mol. The number of aliphatic imine (C=N–C) groups is 1. The number of nitrogens with zero attached hydrogens (tertiary/aromatic N) is 1. The SMILES string of the molecule is C/C=C/c1cccc(C)c1C1=NCCO1. The van der Waals surface area contributed by atoms with E-state index in [-0.39, 0.29) is 0 Å². The van der Waals surface area contributed by atoms with E-state index < -0.39 is 0 Å². The summed E-state index contributed by atoms with van der Waals surface area (Å²) in [6.07, 6.45) is 4.13. The van der Waals surface area contributed by atoms with Gasteiger partial charge in [0.05, 0.1) is 6.54 Å². The van der Waals surface area contributed by atoms with Crippen molar-refractivity contribution in [3.63, 3.8) is 0 Å². The quantitative estimate of drug-likeness (QED) is 0.721. The van der Waals surface area contributed by atoms with E-state index in [1.165, 1.54) is 11.1 Å². The van der Waals surface area contributed by atoms with Crippen molar-refractivity contribution in [1.82, 2.24) is 0 Å². The van der Waals surface area contributed by atoms with Gasteiger partial charge in [-0.15, -0.1) is 0 Å². The van der Waals surface area contributed by atoms with Gasteiger partial charge in [0.25, 0.3) is 0 Å². The zero-order chi connectivity index (χ0) is 10.7. The molecule has 1 aliphatic heterocycles. The zero-order valence-electron chi connectivity index (χ0n) is 9.16. The van der Waals surface area contributed by atoms with Gasteiger partial charge >= 0.3 is 0 Å². The molecule has 1 aromatic carbocycles. The average Bonchev–Trinajstić information content (AvgIpc) is 2.71. The minimum Gasteiger partial charge on any atom is -0.475 e. The number of rotatable bonds is 2. The van der Waals surface area contributed by atoms with Crippen molar-refractivity contribution >= 4 is 12.0 Å². The molecule has 2 heteroatoms. The molecule has 0 bridgehead atoms. The molecule has 0 aliphatic carbocycles. The first-order valence-electron chi connectivity index (χ1n) is 5.23. The largest absolute Gasteiger partial charge is 0.475 e. The van der Waals surface area contributed by atoms with Crippen molar-refractivity contribution in [1.29, 1.82) is 0 Å². The summed E-state index contributed by atoms with van der Waals surface area (Å²) in [6, 6.07) is 6.24.